The fraction of sp³-hybridized carbons (Fsp3) is 0.467. The Balaban J connectivity index is 1.76. The van der Waals surface area contributed by atoms with Crippen LogP contribution in [0, 0.1) is 0 Å². The number of piperidine rings is 1. The van der Waals surface area contributed by atoms with Crippen LogP contribution < -0.4 is 11.1 Å². The molecule has 0 bridgehead atoms. The first-order valence-corrected chi connectivity index (χ1v) is 7.44. The lowest BCUT2D eigenvalue weighted by molar-refractivity contribution is 0.0902. The predicted octanol–water partition coefficient (Wildman–Crippen LogP) is 1.36. The molecule has 0 spiro atoms. The molecule has 6 nitrogen and oxygen atoms in total. The molecule has 1 aliphatic heterocycles. The minimum atomic E-state index is -0.130. The summed E-state index contributed by atoms with van der Waals surface area (Å²) in [7, 11) is 0. The number of fused-ring (bicyclic) bond motifs is 1. The molecule has 2 heterocycles. The Labute approximate surface area is 123 Å². The van der Waals surface area contributed by atoms with Crippen molar-refractivity contribution in [1.29, 1.82) is 0 Å². The van der Waals surface area contributed by atoms with Crippen LogP contribution >= 0.6 is 0 Å². The molecular formula is C15H21N5O. The van der Waals surface area contributed by atoms with Gasteiger partial charge in [0.1, 0.15) is 0 Å². The highest BCUT2D eigenvalue weighted by atomic mass is 16.2. The van der Waals surface area contributed by atoms with E-state index in [-0.39, 0.29) is 11.9 Å². The van der Waals surface area contributed by atoms with Crippen LogP contribution in [0.3, 0.4) is 0 Å². The summed E-state index contributed by atoms with van der Waals surface area (Å²) in [4.78, 5) is 14.8. The maximum Gasteiger partial charge on any atom is 0.272 e. The van der Waals surface area contributed by atoms with Crippen LogP contribution in [0.5, 0.6) is 0 Å². The van der Waals surface area contributed by atoms with Gasteiger partial charge in [0, 0.05) is 23.7 Å². The van der Waals surface area contributed by atoms with Crippen LogP contribution in [-0.4, -0.2) is 46.7 Å². The highest BCUT2D eigenvalue weighted by Crippen LogP contribution is 2.19. The van der Waals surface area contributed by atoms with Gasteiger partial charge in [-0.2, -0.15) is 5.10 Å². The van der Waals surface area contributed by atoms with E-state index in [0.717, 1.165) is 43.4 Å². The average Bonchev–Trinajstić information content (AvgIpc) is 2.90. The maximum absolute atomic E-state index is 12.4. The number of likely N-dealkylation sites (tertiary alicyclic amines) is 1. The highest BCUT2D eigenvalue weighted by Gasteiger charge is 2.22. The number of carbonyl (C=O) groups excluding carboxylic acids is 1. The standard InChI is InChI=1S/C15H21N5O/c1-2-20-7-3-4-11(9-20)17-15(21)14-12-8-10(16)5-6-13(12)18-19-14/h5-6,8,11H,2-4,7,9,16H2,1H3,(H,17,21)(H,18,19). The van der Waals surface area contributed by atoms with Gasteiger partial charge in [0.2, 0.25) is 0 Å². The molecule has 0 radical (unpaired) electrons. The topological polar surface area (TPSA) is 87.0 Å². The zero-order valence-corrected chi connectivity index (χ0v) is 12.2. The van der Waals surface area contributed by atoms with Gasteiger partial charge < -0.3 is 16.0 Å². The number of benzene rings is 1. The smallest absolute Gasteiger partial charge is 0.272 e. The minimum Gasteiger partial charge on any atom is -0.399 e. The van der Waals surface area contributed by atoms with E-state index in [0.29, 0.717) is 11.4 Å². The number of H-pyrrole nitrogens is 1. The van der Waals surface area contributed by atoms with Crippen LogP contribution in [0.2, 0.25) is 0 Å². The second kappa shape index (κ2) is 5.73. The summed E-state index contributed by atoms with van der Waals surface area (Å²) in [5.74, 6) is -0.130. The summed E-state index contributed by atoms with van der Waals surface area (Å²) in [5.41, 5.74) is 7.67. The van der Waals surface area contributed by atoms with Gasteiger partial charge in [-0.25, -0.2) is 0 Å². The third-order valence-electron chi connectivity index (χ3n) is 4.09. The Morgan fingerprint density at radius 2 is 2.43 bits per heavy atom. The molecule has 1 aliphatic rings. The number of nitrogen functional groups attached to an aromatic ring is 1. The monoisotopic (exact) mass is 287 g/mol. The molecule has 1 fully saturated rings. The largest absolute Gasteiger partial charge is 0.399 e. The summed E-state index contributed by atoms with van der Waals surface area (Å²) in [6.07, 6.45) is 2.14. The van der Waals surface area contributed by atoms with Crippen molar-refractivity contribution < 1.29 is 4.79 Å². The van der Waals surface area contributed by atoms with Crippen LogP contribution in [0.15, 0.2) is 18.2 Å². The lowest BCUT2D eigenvalue weighted by atomic mass is 10.1. The third kappa shape index (κ3) is 2.85. The molecule has 1 atom stereocenters. The van der Waals surface area contributed by atoms with Gasteiger partial charge in [0.25, 0.3) is 5.91 Å². The number of likely N-dealkylation sites (N-methyl/N-ethyl adjacent to an activating group) is 1. The van der Waals surface area contributed by atoms with E-state index in [9.17, 15) is 4.79 Å². The van der Waals surface area contributed by atoms with Crippen LogP contribution in [0.4, 0.5) is 5.69 Å². The summed E-state index contributed by atoms with van der Waals surface area (Å²) in [5, 5.41) is 10.9. The average molecular weight is 287 g/mol. The van der Waals surface area contributed by atoms with Crippen molar-refractivity contribution in [3.8, 4) is 0 Å². The van der Waals surface area contributed by atoms with Crippen molar-refractivity contribution in [3.05, 3.63) is 23.9 Å². The molecule has 2 aromatic rings. The Hall–Kier alpha value is -2.08. The number of nitrogens with two attached hydrogens (primary N) is 1. The number of amides is 1. The summed E-state index contributed by atoms with van der Waals surface area (Å²) >= 11 is 0. The lowest BCUT2D eigenvalue weighted by Crippen LogP contribution is -2.47. The van der Waals surface area contributed by atoms with Crippen LogP contribution in [0.1, 0.15) is 30.3 Å². The molecule has 1 unspecified atom stereocenters. The first-order valence-electron chi connectivity index (χ1n) is 7.44. The predicted molar refractivity (Wildman–Crippen MR) is 83.1 cm³/mol. The molecule has 0 aliphatic carbocycles. The van der Waals surface area contributed by atoms with Gasteiger partial charge >= 0.3 is 0 Å². The number of carbonyl (C=O) groups is 1. The molecule has 1 amide bonds. The van der Waals surface area contributed by atoms with E-state index in [1.165, 1.54) is 0 Å². The Kier molecular flexibility index (Phi) is 3.79. The number of nitrogens with one attached hydrogen (secondary N) is 2. The van der Waals surface area contributed by atoms with Crippen molar-refractivity contribution in [2.75, 3.05) is 25.4 Å². The van der Waals surface area contributed by atoms with E-state index in [1.54, 1.807) is 12.1 Å². The second-order valence-electron chi connectivity index (χ2n) is 5.58. The van der Waals surface area contributed by atoms with E-state index < -0.39 is 0 Å². The molecular weight excluding hydrogens is 266 g/mol. The highest BCUT2D eigenvalue weighted by molar-refractivity contribution is 6.05. The van der Waals surface area contributed by atoms with E-state index in [4.69, 9.17) is 5.73 Å². The number of nitrogens with zero attached hydrogens (tertiary/aromatic N) is 2. The fourth-order valence-corrected chi connectivity index (χ4v) is 2.92. The molecule has 4 N–H and O–H groups in total. The Morgan fingerprint density at radius 1 is 1.57 bits per heavy atom. The quantitative estimate of drug-likeness (QED) is 0.744. The van der Waals surface area contributed by atoms with Gasteiger partial charge in [-0.3, -0.25) is 9.89 Å². The number of hydrogen-bond acceptors (Lipinski definition) is 4. The van der Waals surface area contributed by atoms with E-state index in [2.05, 4.69) is 27.3 Å². The van der Waals surface area contributed by atoms with Gasteiger partial charge in [-0.15, -0.1) is 0 Å². The van der Waals surface area contributed by atoms with Crippen molar-refractivity contribution in [2.24, 2.45) is 0 Å². The van der Waals surface area contributed by atoms with Crippen molar-refractivity contribution in [1.82, 2.24) is 20.4 Å². The van der Waals surface area contributed by atoms with Crippen molar-refractivity contribution in [2.45, 2.75) is 25.8 Å². The number of rotatable bonds is 3. The SMILES string of the molecule is CCN1CCCC(NC(=O)c2n[nH]c3ccc(N)cc23)C1. The molecule has 1 saturated heterocycles. The fourth-order valence-electron chi connectivity index (χ4n) is 2.92. The Morgan fingerprint density at radius 3 is 3.24 bits per heavy atom. The molecule has 0 saturated carbocycles. The number of hydrogen-bond donors (Lipinski definition) is 3. The number of aromatic nitrogens is 2. The number of anilines is 1. The van der Waals surface area contributed by atoms with Gasteiger partial charge in [-0.1, -0.05) is 6.92 Å². The second-order valence-corrected chi connectivity index (χ2v) is 5.58. The molecule has 1 aromatic carbocycles. The van der Waals surface area contributed by atoms with Gasteiger partial charge in [-0.05, 0) is 44.1 Å². The van der Waals surface area contributed by atoms with E-state index >= 15 is 0 Å². The lowest BCUT2D eigenvalue weighted by Gasteiger charge is -2.32. The van der Waals surface area contributed by atoms with E-state index in [1.807, 2.05) is 6.07 Å². The maximum atomic E-state index is 12.4. The van der Waals surface area contributed by atoms with Crippen molar-refractivity contribution >= 4 is 22.5 Å². The number of aromatic amines is 1. The van der Waals surface area contributed by atoms with Crippen LogP contribution in [0.25, 0.3) is 10.9 Å². The molecule has 112 valence electrons. The first-order chi connectivity index (χ1) is 10.2. The zero-order chi connectivity index (χ0) is 14.8. The molecule has 21 heavy (non-hydrogen) atoms. The minimum absolute atomic E-state index is 0.130. The van der Waals surface area contributed by atoms with Crippen molar-refractivity contribution in [3.63, 3.8) is 0 Å². The molecule has 6 heteroatoms. The van der Waals surface area contributed by atoms with Gasteiger partial charge in [0.05, 0.1) is 5.52 Å². The normalized spacial score (nSPS) is 19.8. The molecule has 1 aromatic heterocycles. The summed E-state index contributed by atoms with van der Waals surface area (Å²) < 4.78 is 0. The summed E-state index contributed by atoms with van der Waals surface area (Å²) in [6.45, 7) is 5.19. The van der Waals surface area contributed by atoms with Crippen LogP contribution in [-0.2, 0) is 0 Å². The summed E-state index contributed by atoms with van der Waals surface area (Å²) in [6, 6.07) is 5.61. The third-order valence-corrected chi connectivity index (χ3v) is 4.09. The Bertz CT molecular complexity index is 651. The van der Waals surface area contributed by atoms with Gasteiger partial charge in [0.15, 0.2) is 5.69 Å². The zero-order valence-electron chi connectivity index (χ0n) is 12.2. The first kappa shape index (κ1) is 13.9. The molecule has 3 rings (SSSR count).